The van der Waals surface area contributed by atoms with Crippen LogP contribution in [0.2, 0.25) is 0 Å². The fourth-order valence-corrected chi connectivity index (χ4v) is 1.32. The van der Waals surface area contributed by atoms with Gasteiger partial charge in [0.15, 0.2) is 0 Å². The predicted octanol–water partition coefficient (Wildman–Crippen LogP) is 2.22. The lowest BCUT2D eigenvalue weighted by atomic mass is 10.2. The van der Waals surface area contributed by atoms with E-state index in [0.29, 0.717) is 0 Å². The topological polar surface area (TPSA) is 32.3 Å². The van der Waals surface area contributed by atoms with E-state index in [1.807, 2.05) is 0 Å². The highest BCUT2D eigenvalue weighted by atomic mass is 127. The van der Waals surface area contributed by atoms with Crippen molar-refractivity contribution in [3.63, 3.8) is 0 Å². The lowest BCUT2D eigenvalue weighted by molar-refractivity contribution is 0.280. The molecule has 2 N–H and O–H groups in total. The number of hydrogen-bond donors (Lipinski definition) is 2. The van der Waals surface area contributed by atoms with Crippen LogP contribution in [0.15, 0.2) is 12.1 Å². The van der Waals surface area contributed by atoms with E-state index in [-0.39, 0.29) is 17.9 Å². The molecule has 0 fully saturated rings. The number of rotatable bonds is 2. The van der Waals surface area contributed by atoms with Crippen LogP contribution in [-0.4, -0.2) is 5.11 Å². The van der Waals surface area contributed by atoms with Gasteiger partial charge in [-0.25, -0.2) is 8.78 Å². The molecule has 0 aromatic heterocycles. The lowest BCUT2D eigenvalue weighted by Gasteiger charge is -2.03. The minimum Gasteiger partial charge on any atom is -0.392 e. The first kappa shape index (κ1) is 9.66. The molecule has 0 saturated carbocycles. The van der Waals surface area contributed by atoms with Crippen LogP contribution in [0.1, 0.15) is 5.56 Å². The maximum absolute atomic E-state index is 12.9. The summed E-state index contributed by atoms with van der Waals surface area (Å²) >= 11 is 1.64. The van der Waals surface area contributed by atoms with E-state index in [9.17, 15) is 8.78 Å². The Balaban J connectivity index is 3.18. The van der Waals surface area contributed by atoms with Crippen LogP contribution in [0.25, 0.3) is 0 Å². The Morgan fingerprint density at radius 3 is 2.17 bits per heavy atom. The van der Waals surface area contributed by atoms with Gasteiger partial charge in [-0.15, -0.1) is 0 Å². The summed E-state index contributed by atoms with van der Waals surface area (Å²) in [7, 11) is 0. The molecule has 0 spiro atoms. The molecule has 0 radical (unpaired) electrons. The van der Waals surface area contributed by atoms with Crippen LogP contribution in [0.4, 0.5) is 14.5 Å². The van der Waals surface area contributed by atoms with Crippen molar-refractivity contribution in [3.05, 3.63) is 29.3 Å². The van der Waals surface area contributed by atoms with Crippen LogP contribution in [0.3, 0.4) is 0 Å². The summed E-state index contributed by atoms with van der Waals surface area (Å²) in [5.41, 5.74) is 0.0354. The maximum atomic E-state index is 12.9. The Bertz CT molecular complexity index is 270. The normalized spacial score (nSPS) is 10.0. The summed E-state index contributed by atoms with van der Waals surface area (Å²) in [4.78, 5) is 0. The number of halogens is 3. The minimum absolute atomic E-state index is 0.187. The molecule has 0 atom stereocenters. The summed E-state index contributed by atoms with van der Waals surface area (Å²) < 4.78 is 28.1. The van der Waals surface area contributed by atoms with Gasteiger partial charge in [0.1, 0.15) is 17.3 Å². The molecule has 1 rings (SSSR count). The van der Waals surface area contributed by atoms with Crippen LogP contribution < -0.4 is 3.53 Å². The highest BCUT2D eigenvalue weighted by Crippen LogP contribution is 2.21. The van der Waals surface area contributed by atoms with Crippen molar-refractivity contribution < 1.29 is 13.9 Å². The van der Waals surface area contributed by atoms with Crippen LogP contribution >= 0.6 is 22.9 Å². The van der Waals surface area contributed by atoms with Gasteiger partial charge >= 0.3 is 0 Å². The van der Waals surface area contributed by atoms with Crippen molar-refractivity contribution in [2.24, 2.45) is 0 Å². The predicted molar refractivity (Wildman–Crippen MR) is 49.9 cm³/mol. The summed E-state index contributed by atoms with van der Waals surface area (Å²) in [6, 6.07) is 2.17. The average Bonchev–Trinajstić information content (AvgIpc) is 2.03. The van der Waals surface area contributed by atoms with Crippen molar-refractivity contribution in [2.45, 2.75) is 6.61 Å². The summed E-state index contributed by atoms with van der Waals surface area (Å²) in [5, 5.41) is 8.59. The quantitative estimate of drug-likeness (QED) is 0.645. The van der Waals surface area contributed by atoms with Gasteiger partial charge in [0.2, 0.25) is 0 Å². The van der Waals surface area contributed by atoms with E-state index in [0.717, 1.165) is 12.1 Å². The van der Waals surface area contributed by atoms with Crippen LogP contribution in [0.5, 0.6) is 0 Å². The smallest absolute Gasteiger partial charge is 0.150 e. The fourth-order valence-electron chi connectivity index (χ4n) is 0.807. The molecule has 12 heavy (non-hydrogen) atoms. The number of benzene rings is 1. The zero-order valence-electron chi connectivity index (χ0n) is 5.94. The second kappa shape index (κ2) is 3.99. The molecule has 0 amide bonds. The minimum atomic E-state index is -0.701. The molecule has 5 heteroatoms. The number of aliphatic hydroxyl groups excluding tert-OH is 1. The highest BCUT2D eigenvalue weighted by Gasteiger charge is 2.08. The number of anilines is 1. The van der Waals surface area contributed by atoms with Crippen LogP contribution in [-0.2, 0) is 6.61 Å². The monoisotopic (exact) mass is 285 g/mol. The zero-order chi connectivity index (χ0) is 9.14. The number of nitrogens with one attached hydrogen (secondary N) is 1. The average molecular weight is 285 g/mol. The van der Waals surface area contributed by atoms with Crippen molar-refractivity contribution in [2.75, 3.05) is 3.53 Å². The molecule has 0 aliphatic carbocycles. The van der Waals surface area contributed by atoms with Gasteiger partial charge in [-0.2, -0.15) is 0 Å². The second-order valence-electron chi connectivity index (χ2n) is 2.19. The first-order valence-corrected chi connectivity index (χ1v) is 4.22. The Labute approximate surface area is 82.1 Å². The van der Waals surface area contributed by atoms with E-state index in [1.165, 1.54) is 0 Å². The molecule has 0 heterocycles. The third-order valence-corrected chi connectivity index (χ3v) is 1.92. The van der Waals surface area contributed by atoms with Crippen molar-refractivity contribution in [1.82, 2.24) is 0 Å². The molecular formula is C7H6F2INO. The van der Waals surface area contributed by atoms with E-state index in [1.54, 1.807) is 22.9 Å². The Morgan fingerprint density at radius 1 is 1.33 bits per heavy atom. The summed E-state index contributed by atoms with van der Waals surface area (Å²) in [6.07, 6.45) is 0. The van der Waals surface area contributed by atoms with E-state index >= 15 is 0 Å². The molecule has 0 bridgehead atoms. The van der Waals surface area contributed by atoms with Crippen molar-refractivity contribution >= 4 is 28.6 Å². The molecule has 66 valence electrons. The highest BCUT2D eigenvalue weighted by molar-refractivity contribution is 14.1. The molecule has 2 nitrogen and oxygen atoms in total. The maximum Gasteiger partial charge on any atom is 0.150 e. The Hall–Kier alpha value is -0.430. The number of hydrogen-bond acceptors (Lipinski definition) is 2. The lowest BCUT2D eigenvalue weighted by Crippen LogP contribution is -1.94. The molecular weight excluding hydrogens is 279 g/mol. The van der Waals surface area contributed by atoms with Gasteiger partial charge in [-0.05, 0) is 17.7 Å². The third-order valence-electron chi connectivity index (χ3n) is 1.38. The molecule has 1 aromatic carbocycles. The van der Waals surface area contributed by atoms with Gasteiger partial charge in [-0.1, -0.05) is 0 Å². The summed E-state index contributed by atoms with van der Waals surface area (Å²) in [5.74, 6) is -1.40. The molecule has 0 aliphatic heterocycles. The Morgan fingerprint density at radius 2 is 1.83 bits per heavy atom. The molecule has 0 aliphatic rings. The van der Waals surface area contributed by atoms with Crippen LogP contribution in [0, 0.1) is 11.6 Å². The molecule has 0 unspecified atom stereocenters. The second-order valence-corrected chi connectivity index (χ2v) is 2.73. The van der Waals surface area contributed by atoms with E-state index in [4.69, 9.17) is 5.11 Å². The van der Waals surface area contributed by atoms with Gasteiger partial charge in [0.25, 0.3) is 0 Å². The zero-order valence-corrected chi connectivity index (χ0v) is 8.10. The van der Waals surface area contributed by atoms with Crippen molar-refractivity contribution in [3.8, 4) is 0 Å². The first-order valence-electron chi connectivity index (χ1n) is 3.14. The fraction of sp³-hybridized carbons (Fsp3) is 0.143. The SMILES string of the molecule is OCc1cc(F)c(NI)c(F)c1. The van der Waals surface area contributed by atoms with Gasteiger partial charge in [0.05, 0.1) is 29.5 Å². The van der Waals surface area contributed by atoms with E-state index in [2.05, 4.69) is 3.53 Å². The molecule has 1 aromatic rings. The number of aliphatic hydroxyl groups is 1. The third kappa shape index (κ3) is 1.84. The van der Waals surface area contributed by atoms with Gasteiger partial charge < -0.3 is 8.64 Å². The van der Waals surface area contributed by atoms with Gasteiger partial charge in [-0.3, -0.25) is 0 Å². The Kier molecular flexibility index (Phi) is 3.21. The van der Waals surface area contributed by atoms with Gasteiger partial charge in [0, 0.05) is 0 Å². The standard InChI is InChI=1S/C7H6F2INO/c8-5-1-4(3-12)2-6(9)7(5)11-10/h1-2,11-12H,3H2. The van der Waals surface area contributed by atoms with Crippen molar-refractivity contribution in [1.29, 1.82) is 0 Å². The summed E-state index contributed by atoms with van der Waals surface area (Å²) in [6.45, 7) is -0.366. The molecule has 0 saturated heterocycles. The first-order chi connectivity index (χ1) is 5.69. The largest absolute Gasteiger partial charge is 0.392 e. The van der Waals surface area contributed by atoms with E-state index < -0.39 is 11.6 Å².